The lowest BCUT2D eigenvalue weighted by molar-refractivity contribution is 0.0808. The summed E-state index contributed by atoms with van der Waals surface area (Å²) in [7, 11) is 1.82. The van der Waals surface area contributed by atoms with Crippen molar-refractivity contribution in [3.05, 3.63) is 0 Å². The predicted molar refractivity (Wildman–Crippen MR) is 69.8 cm³/mol. The van der Waals surface area contributed by atoms with Crippen LogP contribution in [-0.4, -0.2) is 37.7 Å². The van der Waals surface area contributed by atoms with Crippen LogP contribution in [0.4, 0.5) is 0 Å². The van der Waals surface area contributed by atoms with Crippen molar-refractivity contribution in [2.75, 3.05) is 26.8 Å². The Labute approximate surface area is 101 Å². The summed E-state index contributed by atoms with van der Waals surface area (Å²) >= 11 is 0. The molecule has 0 aromatic heterocycles. The Hall–Kier alpha value is -0.0800. The standard InChI is InChI=1S/C12H23NO.C2H6/c1-14-10-11-6-8-13(9-7-11)12-4-2-3-5-12;1-2/h11-12H,2-10H2,1H3;1-2H3. The van der Waals surface area contributed by atoms with E-state index in [-0.39, 0.29) is 0 Å². The van der Waals surface area contributed by atoms with E-state index in [4.69, 9.17) is 4.74 Å². The molecule has 0 bridgehead atoms. The first-order valence-corrected chi connectivity index (χ1v) is 7.13. The molecule has 0 N–H and O–H groups in total. The first-order chi connectivity index (χ1) is 7.90. The highest BCUT2D eigenvalue weighted by Crippen LogP contribution is 2.27. The second-order valence-electron chi connectivity index (χ2n) is 4.87. The maximum Gasteiger partial charge on any atom is 0.0491 e. The van der Waals surface area contributed by atoms with Gasteiger partial charge in [0.2, 0.25) is 0 Å². The van der Waals surface area contributed by atoms with Gasteiger partial charge in [0.05, 0.1) is 0 Å². The first-order valence-electron chi connectivity index (χ1n) is 7.13. The quantitative estimate of drug-likeness (QED) is 0.733. The molecule has 0 aromatic rings. The monoisotopic (exact) mass is 227 g/mol. The number of ether oxygens (including phenoxy) is 1. The van der Waals surface area contributed by atoms with Gasteiger partial charge < -0.3 is 9.64 Å². The van der Waals surface area contributed by atoms with E-state index in [9.17, 15) is 0 Å². The van der Waals surface area contributed by atoms with Crippen molar-refractivity contribution in [3.8, 4) is 0 Å². The highest BCUT2D eigenvalue weighted by Gasteiger charge is 2.26. The summed E-state index contributed by atoms with van der Waals surface area (Å²) < 4.78 is 5.22. The molecule has 16 heavy (non-hydrogen) atoms. The fourth-order valence-electron chi connectivity index (χ4n) is 2.99. The summed E-state index contributed by atoms with van der Waals surface area (Å²) in [4.78, 5) is 2.72. The van der Waals surface area contributed by atoms with Gasteiger partial charge in [-0.05, 0) is 44.7 Å². The van der Waals surface area contributed by atoms with Crippen molar-refractivity contribution in [1.82, 2.24) is 4.90 Å². The highest BCUT2D eigenvalue weighted by atomic mass is 16.5. The number of methoxy groups -OCH3 is 1. The summed E-state index contributed by atoms with van der Waals surface area (Å²) in [5.41, 5.74) is 0. The Kier molecular flexibility index (Phi) is 7.06. The Bertz CT molecular complexity index is 158. The third-order valence-corrected chi connectivity index (χ3v) is 3.89. The normalized spacial score (nSPS) is 24.2. The van der Waals surface area contributed by atoms with Crippen LogP contribution < -0.4 is 0 Å². The fourth-order valence-corrected chi connectivity index (χ4v) is 2.99. The van der Waals surface area contributed by atoms with E-state index in [1.807, 2.05) is 21.0 Å². The lowest BCUT2D eigenvalue weighted by atomic mass is 9.96. The molecule has 1 heterocycles. The Balaban J connectivity index is 0.000000606. The van der Waals surface area contributed by atoms with Crippen LogP contribution in [-0.2, 0) is 4.74 Å². The SMILES string of the molecule is CC.COCC1CCN(C2CCCC2)CC1. The lowest BCUT2D eigenvalue weighted by Gasteiger charge is -2.35. The number of likely N-dealkylation sites (tertiary alicyclic amines) is 1. The summed E-state index contributed by atoms with van der Waals surface area (Å²) in [5.74, 6) is 0.831. The van der Waals surface area contributed by atoms with E-state index >= 15 is 0 Å². The molecule has 1 aliphatic heterocycles. The van der Waals surface area contributed by atoms with Crippen molar-refractivity contribution in [2.24, 2.45) is 5.92 Å². The molecule has 1 saturated heterocycles. The minimum atomic E-state index is 0.831. The molecule has 2 fully saturated rings. The van der Waals surface area contributed by atoms with Crippen molar-refractivity contribution in [3.63, 3.8) is 0 Å². The molecule has 0 radical (unpaired) electrons. The highest BCUT2D eigenvalue weighted by molar-refractivity contribution is 4.81. The largest absolute Gasteiger partial charge is 0.384 e. The zero-order valence-electron chi connectivity index (χ0n) is 11.4. The molecule has 0 aromatic carbocycles. The van der Waals surface area contributed by atoms with E-state index in [1.165, 1.54) is 51.6 Å². The van der Waals surface area contributed by atoms with Crippen molar-refractivity contribution in [2.45, 2.75) is 58.4 Å². The average Bonchev–Trinajstić information content (AvgIpc) is 2.87. The second-order valence-corrected chi connectivity index (χ2v) is 4.87. The molecule has 2 nitrogen and oxygen atoms in total. The van der Waals surface area contributed by atoms with Crippen LogP contribution in [0.5, 0.6) is 0 Å². The van der Waals surface area contributed by atoms with Gasteiger partial charge >= 0.3 is 0 Å². The molecule has 2 aliphatic rings. The molecule has 0 unspecified atom stereocenters. The third kappa shape index (κ3) is 4.06. The van der Waals surface area contributed by atoms with Crippen molar-refractivity contribution >= 4 is 0 Å². The van der Waals surface area contributed by atoms with Gasteiger partial charge in [0.1, 0.15) is 0 Å². The zero-order chi connectivity index (χ0) is 11.8. The minimum absolute atomic E-state index is 0.831. The van der Waals surface area contributed by atoms with E-state index in [1.54, 1.807) is 0 Å². The van der Waals surface area contributed by atoms with Crippen molar-refractivity contribution < 1.29 is 4.74 Å². The van der Waals surface area contributed by atoms with E-state index in [2.05, 4.69) is 4.90 Å². The third-order valence-electron chi connectivity index (χ3n) is 3.89. The topological polar surface area (TPSA) is 12.5 Å². The first kappa shape index (κ1) is 14.0. The summed E-state index contributed by atoms with van der Waals surface area (Å²) in [6.45, 7) is 7.61. The molecular formula is C14H29NO. The maximum atomic E-state index is 5.22. The predicted octanol–water partition coefficient (Wildman–Crippen LogP) is 3.31. The van der Waals surface area contributed by atoms with Gasteiger partial charge in [-0.3, -0.25) is 0 Å². The number of nitrogens with zero attached hydrogens (tertiary/aromatic N) is 1. The zero-order valence-corrected chi connectivity index (χ0v) is 11.4. The van der Waals surface area contributed by atoms with Gasteiger partial charge in [-0.1, -0.05) is 26.7 Å². The molecule has 0 atom stereocenters. The van der Waals surface area contributed by atoms with Gasteiger partial charge in [-0.15, -0.1) is 0 Å². The Morgan fingerprint density at radius 1 is 1.00 bits per heavy atom. The fraction of sp³-hybridized carbons (Fsp3) is 1.00. The van der Waals surface area contributed by atoms with Crippen LogP contribution in [0, 0.1) is 5.92 Å². The molecule has 0 amide bonds. The van der Waals surface area contributed by atoms with Gasteiger partial charge in [0.15, 0.2) is 0 Å². The van der Waals surface area contributed by atoms with Gasteiger partial charge in [0, 0.05) is 19.8 Å². The Morgan fingerprint density at radius 2 is 1.56 bits per heavy atom. The van der Waals surface area contributed by atoms with Crippen molar-refractivity contribution in [1.29, 1.82) is 0 Å². The van der Waals surface area contributed by atoms with Crippen LogP contribution in [0.3, 0.4) is 0 Å². The molecule has 96 valence electrons. The number of piperidine rings is 1. The van der Waals surface area contributed by atoms with Gasteiger partial charge in [-0.2, -0.15) is 0 Å². The summed E-state index contributed by atoms with van der Waals surface area (Å²) in [6, 6.07) is 0.929. The van der Waals surface area contributed by atoms with Gasteiger partial charge in [0.25, 0.3) is 0 Å². The van der Waals surface area contributed by atoms with E-state index < -0.39 is 0 Å². The average molecular weight is 227 g/mol. The van der Waals surface area contributed by atoms with E-state index in [0.717, 1.165) is 18.6 Å². The smallest absolute Gasteiger partial charge is 0.0491 e. The summed E-state index contributed by atoms with van der Waals surface area (Å²) in [5, 5.41) is 0. The molecular weight excluding hydrogens is 198 g/mol. The van der Waals surface area contributed by atoms with Crippen LogP contribution >= 0.6 is 0 Å². The van der Waals surface area contributed by atoms with E-state index in [0.29, 0.717) is 0 Å². The van der Waals surface area contributed by atoms with Crippen LogP contribution in [0.1, 0.15) is 52.4 Å². The number of rotatable bonds is 3. The molecule has 0 spiro atoms. The molecule has 2 heteroatoms. The minimum Gasteiger partial charge on any atom is -0.384 e. The maximum absolute atomic E-state index is 5.22. The van der Waals surface area contributed by atoms with Gasteiger partial charge in [-0.25, -0.2) is 0 Å². The molecule has 2 rings (SSSR count). The molecule has 1 saturated carbocycles. The molecule has 1 aliphatic carbocycles. The van der Waals surface area contributed by atoms with Crippen LogP contribution in [0.25, 0.3) is 0 Å². The second kappa shape index (κ2) is 8.08. The summed E-state index contributed by atoms with van der Waals surface area (Å²) in [6.07, 6.45) is 8.53. The van der Waals surface area contributed by atoms with Crippen LogP contribution in [0.15, 0.2) is 0 Å². The Morgan fingerprint density at radius 3 is 2.06 bits per heavy atom. The lowest BCUT2D eigenvalue weighted by Crippen LogP contribution is -2.40. The number of hydrogen-bond donors (Lipinski definition) is 0. The van der Waals surface area contributed by atoms with Crippen LogP contribution in [0.2, 0.25) is 0 Å². The number of hydrogen-bond acceptors (Lipinski definition) is 2.